The number of sulfonamides is 1. The first-order valence-corrected chi connectivity index (χ1v) is 14.8. The quantitative estimate of drug-likeness (QED) is 0.226. The lowest BCUT2D eigenvalue weighted by atomic mass is 10.0. The number of nitrogens with one attached hydrogen (secondary N) is 1. The van der Waals surface area contributed by atoms with Crippen LogP contribution >= 0.6 is 0 Å². The van der Waals surface area contributed by atoms with Crippen molar-refractivity contribution < 1.29 is 28.2 Å². The standard InChI is InChI=1S/C30H35N3O6S/c1-21(31-18-26(34)20-39-27-10-5-4-6-11-27)14-22-12-13-28-24(15-22)17-29(30(35)36)33(28)19-23-8-7-9-25(16-23)32(2)40(3,37)38/h4-13,15-17,21,26,31,34H,14,18-20H2,1-3H3,(H,35,36). The van der Waals surface area contributed by atoms with Crippen LogP contribution in [0.1, 0.15) is 28.5 Å². The molecule has 0 amide bonds. The third-order valence-corrected chi connectivity index (χ3v) is 7.93. The summed E-state index contributed by atoms with van der Waals surface area (Å²) in [5.74, 6) is -0.326. The van der Waals surface area contributed by atoms with E-state index in [9.17, 15) is 23.4 Å². The Labute approximate surface area is 234 Å². The van der Waals surface area contributed by atoms with E-state index >= 15 is 0 Å². The zero-order chi connectivity index (χ0) is 28.9. The summed E-state index contributed by atoms with van der Waals surface area (Å²) in [5, 5.41) is 24.3. The number of benzene rings is 3. The van der Waals surface area contributed by atoms with Crippen LogP contribution in [-0.2, 0) is 23.0 Å². The minimum atomic E-state index is -3.42. The Morgan fingerprint density at radius 2 is 1.77 bits per heavy atom. The first kappa shape index (κ1) is 29.1. The van der Waals surface area contributed by atoms with Crippen LogP contribution in [0.5, 0.6) is 5.75 Å². The molecule has 4 rings (SSSR count). The molecule has 4 aromatic rings. The number of aromatic carboxylic acids is 1. The lowest BCUT2D eigenvalue weighted by Crippen LogP contribution is -2.37. The number of nitrogens with zero attached hydrogens (tertiary/aromatic N) is 2. The van der Waals surface area contributed by atoms with Gasteiger partial charge in [0.2, 0.25) is 10.0 Å². The molecule has 0 spiro atoms. The number of anilines is 1. The van der Waals surface area contributed by atoms with E-state index in [0.717, 1.165) is 28.3 Å². The molecule has 3 N–H and O–H groups in total. The molecule has 9 nitrogen and oxygen atoms in total. The molecule has 0 aliphatic heterocycles. The number of aromatic nitrogens is 1. The number of hydrogen-bond donors (Lipinski definition) is 3. The predicted octanol–water partition coefficient (Wildman–Crippen LogP) is 3.74. The summed E-state index contributed by atoms with van der Waals surface area (Å²) in [5.41, 5.74) is 3.26. The summed E-state index contributed by atoms with van der Waals surface area (Å²) in [7, 11) is -1.94. The van der Waals surface area contributed by atoms with Crippen molar-refractivity contribution in [3.8, 4) is 5.75 Å². The third-order valence-electron chi connectivity index (χ3n) is 6.73. The van der Waals surface area contributed by atoms with E-state index in [4.69, 9.17) is 4.74 Å². The number of carbonyl (C=O) groups is 1. The molecule has 0 saturated carbocycles. The number of fused-ring (bicyclic) bond motifs is 1. The summed E-state index contributed by atoms with van der Waals surface area (Å²) in [6, 6.07) is 24.0. The highest BCUT2D eigenvalue weighted by Gasteiger charge is 2.18. The van der Waals surface area contributed by atoms with Gasteiger partial charge in [-0.05, 0) is 66.9 Å². The molecule has 212 valence electrons. The van der Waals surface area contributed by atoms with E-state index in [2.05, 4.69) is 5.32 Å². The largest absolute Gasteiger partial charge is 0.491 e. The summed E-state index contributed by atoms with van der Waals surface area (Å²) in [6.45, 7) is 2.87. The van der Waals surface area contributed by atoms with E-state index in [1.54, 1.807) is 28.8 Å². The second-order valence-corrected chi connectivity index (χ2v) is 12.0. The summed E-state index contributed by atoms with van der Waals surface area (Å²) >= 11 is 0. The molecule has 0 aliphatic carbocycles. The molecule has 1 aromatic heterocycles. The number of hydrogen-bond acceptors (Lipinski definition) is 6. The number of para-hydroxylation sites is 1. The first-order valence-electron chi connectivity index (χ1n) is 13.0. The minimum absolute atomic E-state index is 0.0689. The van der Waals surface area contributed by atoms with Gasteiger partial charge in [-0.2, -0.15) is 0 Å². The Kier molecular flexibility index (Phi) is 9.14. The highest BCUT2D eigenvalue weighted by molar-refractivity contribution is 7.92. The van der Waals surface area contributed by atoms with E-state index < -0.39 is 22.1 Å². The van der Waals surface area contributed by atoms with Gasteiger partial charge in [-0.3, -0.25) is 4.31 Å². The fraction of sp³-hybridized carbons (Fsp3) is 0.300. The SMILES string of the molecule is CC(Cc1ccc2c(c1)cc(C(=O)O)n2Cc1cccc(N(C)S(C)(=O)=O)c1)NCC(O)COc1ccccc1. The van der Waals surface area contributed by atoms with Gasteiger partial charge < -0.3 is 24.8 Å². The van der Waals surface area contributed by atoms with E-state index in [1.807, 2.05) is 61.5 Å². The van der Waals surface area contributed by atoms with Crippen LogP contribution in [0, 0.1) is 0 Å². The lowest BCUT2D eigenvalue weighted by molar-refractivity contribution is 0.0686. The summed E-state index contributed by atoms with van der Waals surface area (Å²) in [4.78, 5) is 12.1. The van der Waals surface area contributed by atoms with Gasteiger partial charge in [0.25, 0.3) is 0 Å². The molecule has 0 bridgehead atoms. The highest BCUT2D eigenvalue weighted by atomic mass is 32.2. The molecular weight excluding hydrogens is 530 g/mol. The molecule has 0 radical (unpaired) electrons. The molecule has 10 heteroatoms. The van der Waals surface area contributed by atoms with Gasteiger partial charge in [-0.15, -0.1) is 0 Å². The average Bonchev–Trinajstić information content (AvgIpc) is 3.28. The van der Waals surface area contributed by atoms with Crippen molar-refractivity contribution in [1.29, 1.82) is 0 Å². The van der Waals surface area contributed by atoms with Crippen molar-refractivity contribution in [2.45, 2.75) is 32.0 Å². The Balaban J connectivity index is 1.44. The zero-order valence-corrected chi connectivity index (χ0v) is 23.6. The Morgan fingerprint density at radius 1 is 1.02 bits per heavy atom. The van der Waals surface area contributed by atoms with Crippen LogP contribution in [0.15, 0.2) is 78.9 Å². The van der Waals surface area contributed by atoms with Gasteiger partial charge in [-0.1, -0.05) is 36.4 Å². The van der Waals surface area contributed by atoms with Crippen molar-refractivity contribution >= 4 is 32.6 Å². The van der Waals surface area contributed by atoms with Gasteiger partial charge in [0.1, 0.15) is 24.2 Å². The first-order chi connectivity index (χ1) is 19.0. The second kappa shape index (κ2) is 12.5. The monoisotopic (exact) mass is 565 g/mol. The minimum Gasteiger partial charge on any atom is -0.491 e. The molecule has 1 heterocycles. The van der Waals surface area contributed by atoms with E-state index in [1.165, 1.54) is 11.4 Å². The maximum Gasteiger partial charge on any atom is 0.352 e. The van der Waals surface area contributed by atoms with Gasteiger partial charge in [-0.25, -0.2) is 13.2 Å². The topological polar surface area (TPSA) is 121 Å². The molecule has 0 aliphatic rings. The number of rotatable bonds is 13. The van der Waals surface area contributed by atoms with Crippen LogP contribution in [0.2, 0.25) is 0 Å². The van der Waals surface area contributed by atoms with Crippen LogP contribution in [0.4, 0.5) is 5.69 Å². The molecule has 3 aromatic carbocycles. The molecule has 40 heavy (non-hydrogen) atoms. The van der Waals surface area contributed by atoms with Gasteiger partial charge in [0.15, 0.2) is 0 Å². The van der Waals surface area contributed by atoms with Crippen LogP contribution in [-0.4, -0.2) is 67.8 Å². The van der Waals surface area contributed by atoms with Crippen molar-refractivity contribution in [2.24, 2.45) is 0 Å². The van der Waals surface area contributed by atoms with Crippen LogP contribution in [0.3, 0.4) is 0 Å². The van der Waals surface area contributed by atoms with Gasteiger partial charge in [0, 0.05) is 37.1 Å². The van der Waals surface area contributed by atoms with Gasteiger partial charge >= 0.3 is 5.97 Å². The van der Waals surface area contributed by atoms with Crippen molar-refractivity contribution in [3.63, 3.8) is 0 Å². The van der Waals surface area contributed by atoms with Crippen molar-refractivity contribution in [3.05, 3.63) is 95.7 Å². The molecular formula is C30H35N3O6S. The number of carboxylic acid groups (broad SMARTS) is 1. The molecule has 2 unspecified atom stereocenters. The van der Waals surface area contributed by atoms with E-state index in [-0.39, 0.29) is 24.9 Å². The fourth-order valence-corrected chi connectivity index (χ4v) is 5.05. The van der Waals surface area contributed by atoms with Crippen molar-refractivity contribution in [2.75, 3.05) is 30.8 Å². The normalized spacial score (nSPS) is 13.2. The highest BCUT2D eigenvalue weighted by Crippen LogP contribution is 2.25. The summed E-state index contributed by atoms with van der Waals surface area (Å²) in [6.07, 6.45) is 1.17. The lowest BCUT2D eigenvalue weighted by Gasteiger charge is -2.18. The number of aliphatic hydroxyl groups is 1. The average molecular weight is 566 g/mol. The third kappa shape index (κ3) is 7.41. The van der Waals surface area contributed by atoms with Crippen molar-refractivity contribution in [1.82, 2.24) is 9.88 Å². The fourth-order valence-electron chi connectivity index (χ4n) is 4.55. The maximum absolute atomic E-state index is 12.1. The number of carboxylic acids is 1. The van der Waals surface area contributed by atoms with Gasteiger partial charge in [0.05, 0.1) is 11.9 Å². The van der Waals surface area contributed by atoms with E-state index in [0.29, 0.717) is 24.4 Å². The number of ether oxygens (including phenoxy) is 1. The molecule has 0 saturated heterocycles. The molecule has 0 fully saturated rings. The Morgan fingerprint density at radius 3 is 2.48 bits per heavy atom. The number of aliphatic hydroxyl groups excluding tert-OH is 1. The maximum atomic E-state index is 12.1. The molecule has 2 atom stereocenters. The van der Waals surface area contributed by atoms with Crippen LogP contribution < -0.4 is 14.4 Å². The smallest absolute Gasteiger partial charge is 0.352 e. The predicted molar refractivity (Wildman–Crippen MR) is 157 cm³/mol. The van der Waals surface area contributed by atoms with Crippen LogP contribution in [0.25, 0.3) is 10.9 Å². The second-order valence-electron chi connectivity index (χ2n) is 10.0. The summed E-state index contributed by atoms with van der Waals surface area (Å²) < 4.78 is 32.5. The Hall–Kier alpha value is -3.86. The zero-order valence-electron chi connectivity index (χ0n) is 22.8. The Bertz CT molecular complexity index is 1570.